The Morgan fingerprint density at radius 2 is 2.08 bits per heavy atom. The summed E-state index contributed by atoms with van der Waals surface area (Å²) in [5, 5.41) is 10.2. The van der Waals surface area contributed by atoms with Gasteiger partial charge in [-0.15, -0.1) is 11.3 Å². The van der Waals surface area contributed by atoms with Gasteiger partial charge in [0, 0.05) is 10.9 Å². The maximum absolute atomic E-state index is 12.1. The van der Waals surface area contributed by atoms with Gasteiger partial charge in [-0.2, -0.15) is 5.26 Å². The average molecular weight is 337 g/mol. The van der Waals surface area contributed by atoms with E-state index >= 15 is 0 Å². The van der Waals surface area contributed by atoms with Crippen molar-refractivity contribution in [1.29, 1.82) is 5.26 Å². The van der Waals surface area contributed by atoms with Crippen molar-refractivity contribution in [3.8, 4) is 17.3 Å². The minimum atomic E-state index is -0.392. The third kappa shape index (κ3) is 2.49. The number of aromatic nitrogens is 1. The van der Waals surface area contributed by atoms with Gasteiger partial charge < -0.3 is 10.5 Å². The molecule has 0 saturated heterocycles. The molecule has 6 heteroatoms. The molecule has 0 bridgehead atoms. The summed E-state index contributed by atoms with van der Waals surface area (Å²) in [5.41, 5.74) is 8.97. The number of carbonyl (C=O) groups excluding carboxylic acids is 1. The lowest BCUT2D eigenvalue weighted by molar-refractivity contribution is 0.0531. The molecular formula is C18H15N3O2S. The van der Waals surface area contributed by atoms with Gasteiger partial charge in [-0.1, -0.05) is 30.3 Å². The van der Waals surface area contributed by atoms with Crippen LogP contribution in [0.15, 0.2) is 30.3 Å². The van der Waals surface area contributed by atoms with Crippen LogP contribution in [0.5, 0.6) is 0 Å². The minimum Gasteiger partial charge on any atom is -0.462 e. The lowest BCUT2D eigenvalue weighted by Gasteiger charge is -2.08. The molecule has 3 rings (SSSR count). The molecule has 0 radical (unpaired) electrons. The van der Waals surface area contributed by atoms with E-state index in [0.29, 0.717) is 44.2 Å². The van der Waals surface area contributed by atoms with Gasteiger partial charge >= 0.3 is 5.97 Å². The van der Waals surface area contributed by atoms with Crippen molar-refractivity contribution in [3.05, 3.63) is 46.3 Å². The van der Waals surface area contributed by atoms with Crippen molar-refractivity contribution >= 4 is 33.2 Å². The van der Waals surface area contributed by atoms with Crippen LogP contribution in [0.3, 0.4) is 0 Å². The van der Waals surface area contributed by atoms with E-state index in [1.807, 2.05) is 30.3 Å². The first kappa shape index (κ1) is 16.0. The van der Waals surface area contributed by atoms with Gasteiger partial charge in [0.05, 0.1) is 18.0 Å². The molecule has 0 atom stereocenters. The third-order valence-electron chi connectivity index (χ3n) is 3.74. The second-order valence-corrected chi connectivity index (χ2v) is 6.18. The first-order chi connectivity index (χ1) is 11.6. The number of carbonyl (C=O) groups is 1. The van der Waals surface area contributed by atoms with Crippen LogP contribution >= 0.6 is 11.3 Å². The normalized spacial score (nSPS) is 10.5. The van der Waals surface area contributed by atoms with E-state index in [1.54, 1.807) is 13.8 Å². The number of ether oxygens (including phenoxy) is 1. The molecule has 2 N–H and O–H groups in total. The maximum Gasteiger partial charge on any atom is 0.348 e. The number of benzene rings is 1. The van der Waals surface area contributed by atoms with Crippen LogP contribution in [0.25, 0.3) is 21.5 Å². The summed E-state index contributed by atoms with van der Waals surface area (Å²) in [6, 6.07) is 11.5. The van der Waals surface area contributed by atoms with E-state index in [4.69, 9.17) is 10.5 Å². The van der Waals surface area contributed by atoms with Gasteiger partial charge in [0.25, 0.3) is 0 Å². The van der Waals surface area contributed by atoms with Crippen LogP contribution in [0.1, 0.15) is 27.7 Å². The average Bonchev–Trinajstić information content (AvgIpc) is 2.93. The van der Waals surface area contributed by atoms with Gasteiger partial charge in [0.15, 0.2) is 0 Å². The van der Waals surface area contributed by atoms with Crippen LogP contribution in [0.4, 0.5) is 5.69 Å². The summed E-state index contributed by atoms with van der Waals surface area (Å²) >= 11 is 1.24. The molecule has 3 aromatic rings. The molecule has 2 aromatic heterocycles. The van der Waals surface area contributed by atoms with Gasteiger partial charge in [-0.3, -0.25) is 0 Å². The number of nitrogens with two attached hydrogens (primary N) is 1. The van der Waals surface area contributed by atoms with Crippen molar-refractivity contribution in [2.24, 2.45) is 0 Å². The number of rotatable bonds is 3. The molecule has 0 aliphatic carbocycles. The van der Waals surface area contributed by atoms with Crippen molar-refractivity contribution in [3.63, 3.8) is 0 Å². The molecule has 2 heterocycles. The molecule has 0 amide bonds. The van der Waals surface area contributed by atoms with Crippen LogP contribution < -0.4 is 5.73 Å². The highest BCUT2D eigenvalue weighted by Crippen LogP contribution is 2.38. The van der Waals surface area contributed by atoms with Crippen molar-refractivity contribution in [1.82, 2.24) is 4.98 Å². The Labute approximate surface area is 143 Å². The Morgan fingerprint density at radius 3 is 2.71 bits per heavy atom. The number of fused-ring (bicyclic) bond motifs is 1. The van der Waals surface area contributed by atoms with Gasteiger partial charge in [-0.25, -0.2) is 9.78 Å². The fourth-order valence-corrected chi connectivity index (χ4v) is 3.71. The summed E-state index contributed by atoms with van der Waals surface area (Å²) in [4.78, 5) is 17.8. The van der Waals surface area contributed by atoms with E-state index in [2.05, 4.69) is 11.1 Å². The molecule has 0 saturated carbocycles. The Hall–Kier alpha value is -2.91. The van der Waals surface area contributed by atoms with E-state index in [-0.39, 0.29) is 0 Å². The predicted molar refractivity (Wildman–Crippen MR) is 94.9 cm³/mol. The lowest BCUT2D eigenvalue weighted by atomic mass is 10.0. The molecular weight excluding hydrogens is 322 g/mol. The molecule has 5 nitrogen and oxygen atoms in total. The van der Waals surface area contributed by atoms with Crippen LogP contribution in [0, 0.1) is 18.3 Å². The molecule has 0 fully saturated rings. The second-order valence-electron chi connectivity index (χ2n) is 5.18. The molecule has 1 aromatic carbocycles. The highest BCUT2D eigenvalue weighted by Gasteiger charge is 2.23. The highest BCUT2D eigenvalue weighted by molar-refractivity contribution is 7.20. The zero-order valence-electron chi connectivity index (χ0n) is 13.3. The number of anilines is 1. The lowest BCUT2D eigenvalue weighted by Crippen LogP contribution is -2.03. The minimum absolute atomic E-state index is 0.300. The van der Waals surface area contributed by atoms with E-state index < -0.39 is 5.97 Å². The van der Waals surface area contributed by atoms with Gasteiger partial charge in [0.2, 0.25) is 0 Å². The number of nitriles is 1. The highest BCUT2D eigenvalue weighted by atomic mass is 32.1. The van der Waals surface area contributed by atoms with Gasteiger partial charge in [0.1, 0.15) is 21.3 Å². The Morgan fingerprint density at radius 1 is 1.38 bits per heavy atom. The zero-order chi connectivity index (χ0) is 17.3. The Bertz CT molecular complexity index is 972. The molecule has 120 valence electrons. The molecule has 0 aliphatic rings. The number of nitrogens with zero attached hydrogens (tertiary/aromatic N) is 2. The van der Waals surface area contributed by atoms with E-state index in [0.717, 1.165) is 5.56 Å². The number of nitrogen functional groups attached to an aromatic ring is 1. The summed E-state index contributed by atoms with van der Waals surface area (Å²) in [6.45, 7) is 3.86. The largest absolute Gasteiger partial charge is 0.462 e. The van der Waals surface area contributed by atoms with Crippen molar-refractivity contribution in [2.75, 3.05) is 12.3 Å². The number of hydrogen-bond donors (Lipinski definition) is 1. The second kappa shape index (κ2) is 6.30. The van der Waals surface area contributed by atoms with Crippen LogP contribution in [0.2, 0.25) is 0 Å². The monoisotopic (exact) mass is 337 g/mol. The van der Waals surface area contributed by atoms with E-state index in [9.17, 15) is 10.1 Å². The third-order valence-corrected chi connectivity index (χ3v) is 4.90. The fraction of sp³-hybridized carbons (Fsp3) is 0.167. The van der Waals surface area contributed by atoms with E-state index in [1.165, 1.54) is 11.3 Å². The number of esters is 1. The van der Waals surface area contributed by atoms with Crippen molar-refractivity contribution < 1.29 is 9.53 Å². The standard InChI is InChI=1S/C18H15N3O2S/c1-3-23-18(22)16-10(2)13-14(20)12(9-19)15(21-17(13)24-16)11-7-5-4-6-8-11/h4-8H,3H2,1-2H3,(H2,20,21). The molecule has 24 heavy (non-hydrogen) atoms. The molecule has 0 unspecified atom stereocenters. The fourth-order valence-electron chi connectivity index (χ4n) is 2.61. The first-order valence-corrected chi connectivity index (χ1v) is 8.25. The SMILES string of the molecule is CCOC(=O)c1sc2nc(-c3ccccc3)c(C#N)c(N)c2c1C. The predicted octanol–water partition coefficient (Wildman–Crippen LogP) is 3.90. The summed E-state index contributed by atoms with van der Waals surface area (Å²) < 4.78 is 5.09. The topological polar surface area (TPSA) is 89.0 Å². The van der Waals surface area contributed by atoms with Crippen LogP contribution in [-0.4, -0.2) is 17.6 Å². The zero-order valence-corrected chi connectivity index (χ0v) is 14.1. The smallest absolute Gasteiger partial charge is 0.348 e. The summed E-state index contributed by atoms with van der Waals surface area (Å²) in [5.74, 6) is -0.392. The summed E-state index contributed by atoms with van der Waals surface area (Å²) in [6.07, 6.45) is 0. The molecule has 0 aliphatic heterocycles. The number of thiophene rings is 1. The Kier molecular flexibility index (Phi) is 4.19. The number of hydrogen-bond acceptors (Lipinski definition) is 6. The number of aryl methyl sites for hydroxylation is 1. The van der Waals surface area contributed by atoms with Gasteiger partial charge in [-0.05, 0) is 19.4 Å². The Balaban J connectivity index is 2.31. The molecule has 0 spiro atoms. The van der Waals surface area contributed by atoms with Crippen molar-refractivity contribution in [2.45, 2.75) is 13.8 Å². The number of pyridine rings is 1. The summed E-state index contributed by atoms with van der Waals surface area (Å²) in [7, 11) is 0. The first-order valence-electron chi connectivity index (χ1n) is 7.43. The van der Waals surface area contributed by atoms with Crippen LogP contribution in [-0.2, 0) is 4.74 Å². The quantitative estimate of drug-likeness (QED) is 0.732. The maximum atomic E-state index is 12.1.